The lowest BCUT2D eigenvalue weighted by Crippen LogP contribution is -2.28. The second-order valence-electron chi connectivity index (χ2n) is 7.50. The van der Waals surface area contributed by atoms with E-state index in [4.69, 9.17) is 4.74 Å². The summed E-state index contributed by atoms with van der Waals surface area (Å²) < 4.78 is 8.27. The van der Waals surface area contributed by atoms with Crippen LogP contribution in [0.2, 0.25) is 0 Å². The Balaban J connectivity index is 1.46. The van der Waals surface area contributed by atoms with Gasteiger partial charge in [-0.2, -0.15) is 5.10 Å². The van der Waals surface area contributed by atoms with Crippen LogP contribution in [-0.2, 0) is 0 Å². The molecule has 0 bridgehead atoms. The first-order valence-electron chi connectivity index (χ1n) is 10.3. The standard InChI is InChI=1S/C23H27N3O2S/c1-3-12-26-23(27)20-11-16-29-22(20)21(24-26)18-7-9-19(10-8-18)28-15-5-14-25-13-4-6-17(25)2/h3,7-12,16-17H,4-6,13-15H2,1-2H3/b12-3+/t17-/m1/s1. The molecule has 29 heavy (non-hydrogen) atoms. The largest absolute Gasteiger partial charge is 0.494 e. The van der Waals surface area contributed by atoms with E-state index >= 15 is 0 Å². The van der Waals surface area contributed by atoms with E-state index in [1.54, 1.807) is 17.5 Å². The quantitative estimate of drug-likeness (QED) is 0.523. The van der Waals surface area contributed by atoms with Gasteiger partial charge in [-0.3, -0.25) is 4.79 Å². The van der Waals surface area contributed by atoms with Crippen LogP contribution in [0.4, 0.5) is 0 Å². The normalized spacial score (nSPS) is 17.5. The van der Waals surface area contributed by atoms with E-state index in [0.717, 1.165) is 41.3 Å². The van der Waals surface area contributed by atoms with E-state index in [0.29, 0.717) is 11.4 Å². The van der Waals surface area contributed by atoms with Gasteiger partial charge in [0.25, 0.3) is 5.56 Å². The van der Waals surface area contributed by atoms with Crippen molar-refractivity contribution >= 4 is 27.6 Å². The third-order valence-electron chi connectivity index (χ3n) is 5.49. The Kier molecular flexibility index (Phi) is 6.11. The molecule has 152 valence electrons. The molecule has 0 unspecified atom stereocenters. The van der Waals surface area contributed by atoms with Crippen molar-refractivity contribution in [3.05, 3.63) is 52.1 Å². The molecule has 1 aliphatic rings. The highest BCUT2D eigenvalue weighted by molar-refractivity contribution is 7.17. The summed E-state index contributed by atoms with van der Waals surface area (Å²) in [7, 11) is 0. The van der Waals surface area contributed by atoms with Gasteiger partial charge in [-0.25, -0.2) is 4.68 Å². The van der Waals surface area contributed by atoms with Crippen LogP contribution in [0, 0.1) is 0 Å². The molecule has 5 nitrogen and oxygen atoms in total. The molecule has 2 aromatic heterocycles. The minimum atomic E-state index is -0.0876. The van der Waals surface area contributed by atoms with E-state index in [1.807, 2.05) is 48.7 Å². The average Bonchev–Trinajstić information content (AvgIpc) is 3.38. The van der Waals surface area contributed by atoms with Crippen LogP contribution in [-0.4, -0.2) is 40.4 Å². The molecule has 0 radical (unpaired) electrons. The lowest BCUT2D eigenvalue weighted by molar-refractivity contribution is 0.230. The van der Waals surface area contributed by atoms with Crippen LogP contribution in [0.15, 0.2) is 46.6 Å². The second kappa shape index (κ2) is 8.93. The number of thiophene rings is 1. The molecule has 1 fully saturated rings. The van der Waals surface area contributed by atoms with Gasteiger partial charge < -0.3 is 9.64 Å². The third-order valence-corrected chi connectivity index (χ3v) is 6.41. The Morgan fingerprint density at radius 2 is 2.10 bits per heavy atom. The number of allylic oxidation sites excluding steroid dienone is 1. The topological polar surface area (TPSA) is 47.4 Å². The van der Waals surface area contributed by atoms with E-state index in [1.165, 1.54) is 24.1 Å². The Bertz CT molecular complexity index is 1050. The highest BCUT2D eigenvalue weighted by Gasteiger charge is 2.19. The minimum absolute atomic E-state index is 0.0876. The Morgan fingerprint density at radius 3 is 2.83 bits per heavy atom. The highest BCUT2D eigenvalue weighted by atomic mass is 32.1. The van der Waals surface area contributed by atoms with Gasteiger partial charge in [-0.05, 0) is 75.4 Å². The molecule has 3 heterocycles. The fourth-order valence-corrected chi connectivity index (χ4v) is 4.80. The molecule has 1 aromatic carbocycles. The number of likely N-dealkylation sites (tertiary alicyclic amines) is 1. The summed E-state index contributed by atoms with van der Waals surface area (Å²) in [6.07, 6.45) is 7.18. The molecule has 0 saturated carbocycles. The number of rotatable bonds is 7. The average molecular weight is 410 g/mol. The zero-order valence-electron chi connectivity index (χ0n) is 17.0. The van der Waals surface area contributed by atoms with Gasteiger partial charge in [0.15, 0.2) is 0 Å². The molecule has 6 heteroatoms. The van der Waals surface area contributed by atoms with Crippen molar-refractivity contribution in [1.82, 2.24) is 14.7 Å². The number of fused-ring (bicyclic) bond motifs is 1. The maximum atomic E-state index is 12.5. The predicted octanol–water partition coefficient (Wildman–Crippen LogP) is 4.87. The Labute approximate surface area is 175 Å². The summed E-state index contributed by atoms with van der Waals surface area (Å²) in [4.78, 5) is 15.1. The van der Waals surface area contributed by atoms with Crippen LogP contribution < -0.4 is 10.3 Å². The minimum Gasteiger partial charge on any atom is -0.494 e. The van der Waals surface area contributed by atoms with Gasteiger partial charge in [0.2, 0.25) is 0 Å². The molecule has 1 saturated heterocycles. The molecule has 4 rings (SSSR count). The lowest BCUT2D eigenvalue weighted by atomic mass is 10.1. The fraction of sp³-hybridized carbons (Fsp3) is 0.391. The van der Waals surface area contributed by atoms with E-state index in [9.17, 15) is 4.79 Å². The van der Waals surface area contributed by atoms with Crippen molar-refractivity contribution in [2.24, 2.45) is 0 Å². The van der Waals surface area contributed by atoms with Gasteiger partial charge in [0, 0.05) is 24.4 Å². The fourth-order valence-electron chi connectivity index (χ4n) is 3.91. The van der Waals surface area contributed by atoms with Crippen LogP contribution in [0.5, 0.6) is 5.75 Å². The van der Waals surface area contributed by atoms with Crippen molar-refractivity contribution in [2.45, 2.75) is 39.2 Å². The lowest BCUT2D eigenvalue weighted by Gasteiger charge is -2.20. The number of nitrogens with zero attached hydrogens (tertiary/aromatic N) is 3. The first kappa shape index (κ1) is 19.9. The van der Waals surface area contributed by atoms with Crippen molar-refractivity contribution in [3.8, 4) is 17.0 Å². The molecule has 1 atom stereocenters. The number of aromatic nitrogens is 2. The molecule has 1 aliphatic heterocycles. The summed E-state index contributed by atoms with van der Waals surface area (Å²) in [5.41, 5.74) is 1.71. The molecule has 0 N–H and O–H groups in total. The zero-order valence-corrected chi connectivity index (χ0v) is 17.8. The summed E-state index contributed by atoms with van der Waals surface area (Å²) in [5.74, 6) is 0.868. The number of hydrogen-bond acceptors (Lipinski definition) is 5. The van der Waals surface area contributed by atoms with E-state index < -0.39 is 0 Å². The Hall–Kier alpha value is -2.44. The molecule has 3 aromatic rings. The summed E-state index contributed by atoms with van der Waals surface area (Å²) >= 11 is 1.55. The van der Waals surface area contributed by atoms with Crippen molar-refractivity contribution in [3.63, 3.8) is 0 Å². The third kappa shape index (κ3) is 4.28. The van der Waals surface area contributed by atoms with Gasteiger partial charge in [-0.15, -0.1) is 11.3 Å². The first-order chi connectivity index (χ1) is 14.2. The second-order valence-corrected chi connectivity index (χ2v) is 8.41. The summed E-state index contributed by atoms with van der Waals surface area (Å²) in [6.45, 7) is 7.23. The predicted molar refractivity (Wildman–Crippen MR) is 121 cm³/mol. The molecular formula is C23H27N3O2S. The highest BCUT2D eigenvalue weighted by Crippen LogP contribution is 2.30. The van der Waals surface area contributed by atoms with Crippen LogP contribution in [0.3, 0.4) is 0 Å². The monoisotopic (exact) mass is 409 g/mol. The Morgan fingerprint density at radius 1 is 1.28 bits per heavy atom. The summed E-state index contributed by atoms with van der Waals surface area (Å²) in [6, 6.07) is 10.6. The van der Waals surface area contributed by atoms with Crippen LogP contribution >= 0.6 is 11.3 Å². The molecule has 0 spiro atoms. The van der Waals surface area contributed by atoms with Gasteiger partial charge in [0.1, 0.15) is 11.4 Å². The van der Waals surface area contributed by atoms with Crippen LogP contribution in [0.1, 0.15) is 33.1 Å². The van der Waals surface area contributed by atoms with Crippen molar-refractivity contribution in [1.29, 1.82) is 0 Å². The van der Waals surface area contributed by atoms with Gasteiger partial charge in [0.05, 0.1) is 16.7 Å². The van der Waals surface area contributed by atoms with Crippen molar-refractivity contribution < 1.29 is 4.74 Å². The SMILES string of the molecule is C/C=C/n1nc(-c2ccc(OCCCN3CCC[C@H]3C)cc2)c2sccc2c1=O. The van der Waals surface area contributed by atoms with E-state index in [-0.39, 0.29) is 5.56 Å². The number of hydrogen-bond donors (Lipinski definition) is 0. The molecule has 0 aliphatic carbocycles. The van der Waals surface area contributed by atoms with Gasteiger partial charge in [-0.1, -0.05) is 6.08 Å². The summed E-state index contributed by atoms with van der Waals surface area (Å²) in [5, 5.41) is 7.21. The number of benzene rings is 1. The first-order valence-corrected chi connectivity index (χ1v) is 11.2. The maximum Gasteiger partial charge on any atom is 0.279 e. The molecule has 0 amide bonds. The van der Waals surface area contributed by atoms with E-state index in [2.05, 4.69) is 16.9 Å². The van der Waals surface area contributed by atoms with Gasteiger partial charge >= 0.3 is 0 Å². The van der Waals surface area contributed by atoms with Crippen LogP contribution in [0.25, 0.3) is 27.5 Å². The maximum absolute atomic E-state index is 12.5. The number of ether oxygens (including phenoxy) is 1. The molecular weight excluding hydrogens is 382 g/mol. The van der Waals surface area contributed by atoms with Crippen molar-refractivity contribution in [2.75, 3.05) is 19.7 Å². The smallest absolute Gasteiger partial charge is 0.279 e. The zero-order chi connectivity index (χ0) is 20.2.